The molecule has 2 fully saturated rings. The Morgan fingerprint density at radius 2 is 1.89 bits per heavy atom. The van der Waals surface area contributed by atoms with Crippen LogP contribution in [0, 0.1) is 5.92 Å². The molecule has 2 amide bonds. The fourth-order valence-corrected chi connectivity index (χ4v) is 3.86. The second-order valence-corrected chi connectivity index (χ2v) is 7.61. The van der Waals surface area contributed by atoms with Crippen LogP contribution in [-0.2, 0) is 14.4 Å². The number of phenolic OH excluding ortho intramolecular Hbond substituents is 1. The number of imide groups is 1. The lowest BCUT2D eigenvalue weighted by Crippen LogP contribution is -2.40. The highest BCUT2D eigenvalue weighted by Gasteiger charge is 2.28. The summed E-state index contributed by atoms with van der Waals surface area (Å²) in [5.74, 6) is -0.618. The summed E-state index contributed by atoms with van der Waals surface area (Å²) in [5, 5.41) is 12.3. The second kappa shape index (κ2) is 9.53. The Bertz CT molecular complexity index is 755. The van der Waals surface area contributed by atoms with Crippen molar-refractivity contribution in [2.45, 2.75) is 57.8 Å². The molecule has 28 heavy (non-hydrogen) atoms. The number of benzene rings is 1. The number of rotatable bonds is 7. The standard InChI is InChI=1S/C22H27NO5/c24-18-14-21(26)23-22(27)17(18)12-16-9-10-20(19(25)13-16)28-11-5-4-8-15-6-2-1-3-7-15/h9-10,12-13,15,25H,1-8,11,14H2,(H,23,26,27)/b17-12+. The summed E-state index contributed by atoms with van der Waals surface area (Å²) in [4.78, 5) is 34.8. The number of Topliss-reactive ketones (excluding diaryl/α,β-unsaturated/α-hetero) is 1. The maximum atomic E-state index is 11.9. The van der Waals surface area contributed by atoms with E-state index in [1.54, 1.807) is 12.1 Å². The van der Waals surface area contributed by atoms with E-state index in [4.69, 9.17) is 4.74 Å². The number of carbonyl (C=O) groups is 3. The number of amides is 2. The van der Waals surface area contributed by atoms with E-state index in [2.05, 4.69) is 5.32 Å². The smallest absolute Gasteiger partial charge is 0.261 e. The molecule has 1 aromatic rings. The number of ether oxygens (including phenoxy) is 1. The van der Waals surface area contributed by atoms with Crippen molar-refractivity contribution < 1.29 is 24.2 Å². The van der Waals surface area contributed by atoms with E-state index < -0.39 is 17.6 Å². The second-order valence-electron chi connectivity index (χ2n) is 7.61. The van der Waals surface area contributed by atoms with E-state index in [1.807, 2.05) is 0 Å². The van der Waals surface area contributed by atoms with Crippen molar-refractivity contribution in [3.05, 3.63) is 29.3 Å². The molecule has 6 nitrogen and oxygen atoms in total. The van der Waals surface area contributed by atoms with Crippen molar-refractivity contribution in [1.29, 1.82) is 0 Å². The van der Waals surface area contributed by atoms with Crippen molar-refractivity contribution in [2.24, 2.45) is 5.92 Å². The molecule has 1 saturated carbocycles. The Balaban J connectivity index is 1.49. The number of aromatic hydroxyl groups is 1. The first kappa shape index (κ1) is 20.1. The Hall–Kier alpha value is -2.63. The van der Waals surface area contributed by atoms with Gasteiger partial charge in [-0.1, -0.05) is 44.6 Å². The molecule has 1 aliphatic carbocycles. The quantitative estimate of drug-likeness (QED) is 0.246. The first-order valence-corrected chi connectivity index (χ1v) is 10.1. The highest BCUT2D eigenvalue weighted by Crippen LogP contribution is 2.30. The average molecular weight is 385 g/mol. The maximum absolute atomic E-state index is 11.9. The number of carbonyl (C=O) groups excluding carboxylic acids is 3. The van der Waals surface area contributed by atoms with Crippen LogP contribution in [0.3, 0.4) is 0 Å². The van der Waals surface area contributed by atoms with Crippen LogP contribution in [0.15, 0.2) is 23.8 Å². The minimum atomic E-state index is -0.709. The Labute approximate surface area is 165 Å². The van der Waals surface area contributed by atoms with Gasteiger partial charge in [0, 0.05) is 0 Å². The van der Waals surface area contributed by atoms with Gasteiger partial charge in [-0.2, -0.15) is 0 Å². The highest BCUT2D eigenvalue weighted by molar-refractivity contribution is 6.32. The number of hydrogen-bond acceptors (Lipinski definition) is 5. The number of hydrogen-bond donors (Lipinski definition) is 2. The van der Waals surface area contributed by atoms with E-state index in [9.17, 15) is 19.5 Å². The van der Waals surface area contributed by atoms with E-state index >= 15 is 0 Å². The third kappa shape index (κ3) is 5.44. The molecule has 150 valence electrons. The molecule has 1 saturated heterocycles. The lowest BCUT2D eigenvalue weighted by Gasteiger charge is -2.21. The highest BCUT2D eigenvalue weighted by atomic mass is 16.5. The zero-order valence-electron chi connectivity index (χ0n) is 16.0. The number of ketones is 1. The Morgan fingerprint density at radius 1 is 1.11 bits per heavy atom. The minimum absolute atomic E-state index is 0.0404. The van der Waals surface area contributed by atoms with Gasteiger partial charge in [0.25, 0.3) is 5.91 Å². The predicted molar refractivity (Wildman–Crippen MR) is 105 cm³/mol. The number of nitrogens with one attached hydrogen (secondary N) is 1. The molecular formula is C22H27NO5. The summed E-state index contributed by atoms with van der Waals surface area (Å²) >= 11 is 0. The minimum Gasteiger partial charge on any atom is -0.504 e. The molecular weight excluding hydrogens is 358 g/mol. The molecule has 0 atom stereocenters. The van der Waals surface area contributed by atoms with Crippen LogP contribution in [-0.4, -0.2) is 29.3 Å². The summed E-state index contributed by atoms with van der Waals surface area (Å²) in [6.45, 7) is 0.545. The first-order chi connectivity index (χ1) is 13.5. The summed E-state index contributed by atoms with van der Waals surface area (Å²) in [6, 6.07) is 4.74. The normalized spacial score (nSPS) is 19.7. The molecule has 1 heterocycles. The van der Waals surface area contributed by atoms with Gasteiger partial charge in [0.2, 0.25) is 5.91 Å². The van der Waals surface area contributed by atoms with Gasteiger partial charge in [0.15, 0.2) is 17.3 Å². The van der Waals surface area contributed by atoms with Crippen molar-refractivity contribution in [3.63, 3.8) is 0 Å². The number of unbranched alkanes of at least 4 members (excludes halogenated alkanes) is 1. The van der Waals surface area contributed by atoms with Gasteiger partial charge in [-0.15, -0.1) is 0 Å². The molecule has 0 bridgehead atoms. The van der Waals surface area contributed by atoms with Crippen LogP contribution in [0.1, 0.15) is 63.4 Å². The van der Waals surface area contributed by atoms with Gasteiger partial charge in [-0.3, -0.25) is 19.7 Å². The van der Waals surface area contributed by atoms with Crippen LogP contribution >= 0.6 is 0 Å². The van der Waals surface area contributed by atoms with E-state index in [-0.39, 0.29) is 17.7 Å². The summed E-state index contributed by atoms with van der Waals surface area (Å²) in [5.41, 5.74) is 0.408. The van der Waals surface area contributed by atoms with Gasteiger partial charge in [-0.05, 0) is 42.5 Å². The lowest BCUT2D eigenvalue weighted by molar-refractivity contribution is -0.134. The largest absolute Gasteiger partial charge is 0.504 e. The first-order valence-electron chi connectivity index (χ1n) is 10.1. The van der Waals surface area contributed by atoms with Gasteiger partial charge in [0.1, 0.15) is 0 Å². The van der Waals surface area contributed by atoms with Crippen molar-refractivity contribution in [2.75, 3.05) is 6.61 Å². The van der Waals surface area contributed by atoms with Crippen molar-refractivity contribution >= 4 is 23.7 Å². The van der Waals surface area contributed by atoms with Crippen molar-refractivity contribution in [3.8, 4) is 11.5 Å². The van der Waals surface area contributed by atoms with Crippen molar-refractivity contribution in [1.82, 2.24) is 5.32 Å². The molecule has 2 aliphatic rings. The topological polar surface area (TPSA) is 92.7 Å². The third-order valence-corrected chi connectivity index (χ3v) is 5.40. The van der Waals surface area contributed by atoms with E-state index in [0.717, 1.165) is 18.8 Å². The Kier molecular flexibility index (Phi) is 6.85. The van der Waals surface area contributed by atoms with Crippen LogP contribution in [0.5, 0.6) is 11.5 Å². The van der Waals surface area contributed by atoms with Gasteiger partial charge < -0.3 is 9.84 Å². The lowest BCUT2D eigenvalue weighted by atomic mass is 9.86. The number of piperidine rings is 1. The molecule has 1 aromatic carbocycles. The van der Waals surface area contributed by atoms with E-state index in [0.29, 0.717) is 17.9 Å². The fraction of sp³-hybridized carbons (Fsp3) is 0.500. The predicted octanol–water partition coefficient (Wildman–Crippen LogP) is 3.52. The molecule has 2 N–H and O–H groups in total. The molecule has 0 radical (unpaired) electrons. The molecule has 0 unspecified atom stereocenters. The summed E-state index contributed by atoms with van der Waals surface area (Å²) in [6.07, 6.45) is 11.2. The zero-order chi connectivity index (χ0) is 19.9. The van der Waals surface area contributed by atoms with Gasteiger partial charge >= 0.3 is 0 Å². The average Bonchev–Trinajstić information content (AvgIpc) is 2.66. The zero-order valence-corrected chi connectivity index (χ0v) is 16.0. The monoisotopic (exact) mass is 385 g/mol. The van der Waals surface area contributed by atoms with Crippen LogP contribution in [0.2, 0.25) is 0 Å². The van der Waals surface area contributed by atoms with Crippen LogP contribution in [0.4, 0.5) is 0 Å². The molecule has 1 aliphatic heterocycles. The maximum Gasteiger partial charge on any atom is 0.261 e. The van der Waals surface area contributed by atoms with Crippen LogP contribution < -0.4 is 10.1 Å². The summed E-state index contributed by atoms with van der Waals surface area (Å²) < 4.78 is 5.67. The molecule has 0 aromatic heterocycles. The van der Waals surface area contributed by atoms with Gasteiger partial charge in [0.05, 0.1) is 18.6 Å². The van der Waals surface area contributed by atoms with Gasteiger partial charge in [-0.25, -0.2) is 0 Å². The Morgan fingerprint density at radius 3 is 2.61 bits per heavy atom. The van der Waals surface area contributed by atoms with E-state index in [1.165, 1.54) is 50.7 Å². The molecule has 6 heteroatoms. The third-order valence-electron chi connectivity index (χ3n) is 5.40. The molecule has 0 spiro atoms. The number of phenols is 1. The SMILES string of the molecule is O=C1CC(=O)/C(=C\c2ccc(OCCCCC3CCCCC3)c(O)c2)C(=O)N1. The summed E-state index contributed by atoms with van der Waals surface area (Å²) in [7, 11) is 0. The molecule has 3 rings (SSSR count). The fourth-order valence-electron chi connectivity index (χ4n) is 3.86. The van der Waals surface area contributed by atoms with Crippen LogP contribution in [0.25, 0.3) is 6.08 Å².